The maximum Gasteiger partial charge on any atom is 0.0713 e. The molecule has 0 atom stereocenters. The standard InChI is InChI=1S/C45H39Cl/c1-43(2)24-25-44(3,4)42-29-40-38(28-41(42)43)37-27-33(32-13-11-12-31(26-32)30-18-21-36(46)22-19-30)20-23-39(37)45(40,34-14-7-5-8-15-34)35-16-9-6-10-17-35/h5-23,26-29H,24-25H2,1-4H3. The van der Waals surface area contributed by atoms with Crippen LogP contribution in [0.3, 0.4) is 0 Å². The Hall–Kier alpha value is -4.39. The first-order valence-electron chi connectivity index (χ1n) is 16.5. The van der Waals surface area contributed by atoms with Gasteiger partial charge in [-0.05, 0) is 121 Å². The van der Waals surface area contributed by atoms with Crippen LogP contribution in [-0.2, 0) is 16.2 Å². The third-order valence-corrected chi connectivity index (χ3v) is 11.1. The summed E-state index contributed by atoms with van der Waals surface area (Å²) >= 11 is 6.21. The first-order valence-corrected chi connectivity index (χ1v) is 16.9. The van der Waals surface area contributed by atoms with Gasteiger partial charge < -0.3 is 0 Å². The van der Waals surface area contributed by atoms with Gasteiger partial charge in [0.05, 0.1) is 5.41 Å². The molecular weight excluding hydrogens is 576 g/mol. The Labute approximate surface area is 278 Å². The van der Waals surface area contributed by atoms with Crippen molar-refractivity contribution in [2.75, 3.05) is 0 Å². The molecule has 0 bridgehead atoms. The van der Waals surface area contributed by atoms with E-state index in [1.165, 1.54) is 79.6 Å². The molecule has 6 aromatic carbocycles. The molecule has 0 nitrogen and oxygen atoms in total. The minimum atomic E-state index is -0.413. The topological polar surface area (TPSA) is 0 Å². The fourth-order valence-corrected chi connectivity index (χ4v) is 8.38. The van der Waals surface area contributed by atoms with Gasteiger partial charge in [0.2, 0.25) is 0 Å². The lowest BCUT2D eigenvalue weighted by molar-refractivity contribution is 0.331. The maximum absolute atomic E-state index is 6.21. The summed E-state index contributed by atoms with van der Waals surface area (Å²) in [7, 11) is 0. The van der Waals surface area contributed by atoms with Gasteiger partial charge in [0, 0.05) is 5.02 Å². The highest BCUT2D eigenvalue weighted by Gasteiger charge is 2.48. The van der Waals surface area contributed by atoms with Crippen LogP contribution in [0.4, 0.5) is 0 Å². The monoisotopic (exact) mass is 614 g/mol. The Morgan fingerprint density at radius 3 is 1.52 bits per heavy atom. The van der Waals surface area contributed by atoms with E-state index < -0.39 is 5.41 Å². The summed E-state index contributed by atoms with van der Waals surface area (Å²) in [5.74, 6) is 0. The van der Waals surface area contributed by atoms with Crippen LogP contribution in [0.15, 0.2) is 140 Å². The van der Waals surface area contributed by atoms with Gasteiger partial charge in [-0.2, -0.15) is 0 Å². The van der Waals surface area contributed by atoms with Crippen molar-refractivity contribution in [1.82, 2.24) is 0 Å². The van der Waals surface area contributed by atoms with Crippen LogP contribution in [-0.4, -0.2) is 0 Å². The van der Waals surface area contributed by atoms with E-state index >= 15 is 0 Å². The molecule has 0 radical (unpaired) electrons. The SMILES string of the molecule is CC1(C)CCC(C)(C)c2cc3c(cc21)-c1cc(-c2cccc(-c4ccc(Cl)cc4)c2)ccc1C3(c1ccccc1)c1ccccc1. The summed E-state index contributed by atoms with van der Waals surface area (Å²) in [6.07, 6.45) is 2.38. The molecule has 0 heterocycles. The number of halogens is 1. The predicted octanol–water partition coefficient (Wildman–Crippen LogP) is 12.4. The number of rotatable bonds is 4. The van der Waals surface area contributed by atoms with Crippen LogP contribution in [0.1, 0.15) is 73.9 Å². The lowest BCUT2D eigenvalue weighted by Crippen LogP contribution is -2.35. The normalized spacial score (nSPS) is 16.7. The maximum atomic E-state index is 6.21. The van der Waals surface area contributed by atoms with Crippen LogP contribution in [0.25, 0.3) is 33.4 Å². The quantitative estimate of drug-likeness (QED) is 0.185. The zero-order valence-corrected chi connectivity index (χ0v) is 27.8. The first-order chi connectivity index (χ1) is 22.2. The van der Waals surface area contributed by atoms with Crippen molar-refractivity contribution in [2.45, 2.75) is 56.8 Å². The molecule has 0 aliphatic heterocycles. The van der Waals surface area contributed by atoms with Crippen molar-refractivity contribution in [2.24, 2.45) is 0 Å². The molecule has 8 rings (SSSR count). The number of hydrogen-bond donors (Lipinski definition) is 0. The molecule has 226 valence electrons. The Balaban J connectivity index is 1.42. The number of benzene rings is 6. The molecule has 0 spiro atoms. The molecule has 0 saturated heterocycles. The minimum absolute atomic E-state index is 0.112. The fourth-order valence-electron chi connectivity index (χ4n) is 8.25. The summed E-state index contributed by atoms with van der Waals surface area (Å²) in [4.78, 5) is 0. The van der Waals surface area contributed by atoms with Crippen molar-refractivity contribution in [3.05, 3.63) is 178 Å². The van der Waals surface area contributed by atoms with Crippen LogP contribution in [0, 0.1) is 0 Å². The Kier molecular flexibility index (Phi) is 6.68. The van der Waals surface area contributed by atoms with Crippen molar-refractivity contribution >= 4 is 11.6 Å². The zero-order valence-electron chi connectivity index (χ0n) is 27.1. The zero-order chi connectivity index (χ0) is 31.7. The molecule has 0 fully saturated rings. The lowest BCUT2D eigenvalue weighted by atomic mass is 9.61. The second kappa shape index (κ2) is 10.6. The number of fused-ring (bicyclic) bond motifs is 4. The lowest BCUT2D eigenvalue weighted by Gasteiger charge is -2.43. The second-order valence-electron chi connectivity index (χ2n) is 14.5. The van der Waals surface area contributed by atoms with Gasteiger partial charge in [0.25, 0.3) is 0 Å². The van der Waals surface area contributed by atoms with Crippen molar-refractivity contribution < 1.29 is 0 Å². The largest absolute Gasteiger partial charge is 0.0843 e. The second-order valence-corrected chi connectivity index (χ2v) is 15.0. The summed E-state index contributed by atoms with van der Waals surface area (Å²) in [6.45, 7) is 9.75. The molecular formula is C45H39Cl. The van der Waals surface area contributed by atoms with E-state index in [1.54, 1.807) is 0 Å². The number of hydrogen-bond acceptors (Lipinski definition) is 0. The third kappa shape index (κ3) is 4.42. The molecule has 2 aliphatic rings. The Bertz CT molecular complexity index is 2040. The van der Waals surface area contributed by atoms with Gasteiger partial charge in [0.15, 0.2) is 0 Å². The smallest absolute Gasteiger partial charge is 0.0713 e. The highest BCUT2D eigenvalue weighted by molar-refractivity contribution is 6.30. The third-order valence-electron chi connectivity index (χ3n) is 10.9. The van der Waals surface area contributed by atoms with Gasteiger partial charge in [-0.1, -0.05) is 148 Å². The average molecular weight is 615 g/mol. The fraction of sp³-hybridized carbons (Fsp3) is 0.200. The molecule has 6 aromatic rings. The van der Waals surface area contributed by atoms with Crippen LogP contribution < -0.4 is 0 Å². The average Bonchev–Trinajstić information content (AvgIpc) is 3.37. The molecule has 2 aliphatic carbocycles. The summed E-state index contributed by atoms with van der Waals surface area (Å²) in [5.41, 5.74) is 15.7. The van der Waals surface area contributed by atoms with E-state index in [2.05, 4.69) is 155 Å². The first kappa shape index (κ1) is 29.0. The van der Waals surface area contributed by atoms with E-state index in [4.69, 9.17) is 11.6 Å². The van der Waals surface area contributed by atoms with E-state index in [0.29, 0.717) is 0 Å². The summed E-state index contributed by atoms with van der Waals surface area (Å²) in [6, 6.07) is 51.7. The van der Waals surface area contributed by atoms with Crippen molar-refractivity contribution in [1.29, 1.82) is 0 Å². The van der Waals surface area contributed by atoms with E-state index in [0.717, 1.165) is 5.02 Å². The van der Waals surface area contributed by atoms with E-state index in [-0.39, 0.29) is 10.8 Å². The molecule has 1 heteroatoms. The predicted molar refractivity (Wildman–Crippen MR) is 195 cm³/mol. The summed E-state index contributed by atoms with van der Waals surface area (Å²) in [5, 5.41) is 0.756. The Morgan fingerprint density at radius 2 is 0.913 bits per heavy atom. The van der Waals surface area contributed by atoms with Gasteiger partial charge in [-0.3, -0.25) is 0 Å². The van der Waals surface area contributed by atoms with E-state index in [1.807, 2.05) is 12.1 Å². The van der Waals surface area contributed by atoms with Crippen LogP contribution in [0.2, 0.25) is 5.02 Å². The van der Waals surface area contributed by atoms with Crippen LogP contribution in [0.5, 0.6) is 0 Å². The molecule has 46 heavy (non-hydrogen) atoms. The molecule has 0 amide bonds. The van der Waals surface area contributed by atoms with Gasteiger partial charge >= 0.3 is 0 Å². The highest BCUT2D eigenvalue weighted by atomic mass is 35.5. The molecule has 0 N–H and O–H groups in total. The minimum Gasteiger partial charge on any atom is -0.0843 e. The molecule has 0 unspecified atom stereocenters. The molecule has 0 saturated carbocycles. The highest BCUT2D eigenvalue weighted by Crippen LogP contribution is 2.59. The van der Waals surface area contributed by atoms with Crippen LogP contribution >= 0.6 is 11.6 Å². The summed E-state index contributed by atoms with van der Waals surface area (Å²) < 4.78 is 0. The van der Waals surface area contributed by atoms with Gasteiger partial charge in [-0.25, -0.2) is 0 Å². The van der Waals surface area contributed by atoms with Crippen molar-refractivity contribution in [3.8, 4) is 33.4 Å². The molecule has 0 aromatic heterocycles. The van der Waals surface area contributed by atoms with Gasteiger partial charge in [0.1, 0.15) is 0 Å². The van der Waals surface area contributed by atoms with Gasteiger partial charge in [-0.15, -0.1) is 0 Å². The Morgan fingerprint density at radius 1 is 0.413 bits per heavy atom. The van der Waals surface area contributed by atoms with E-state index in [9.17, 15) is 0 Å². The van der Waals surface area contributed by atoms with Crippen molar-refractivity contribution in [3.63, 3.8) is 0 Å².